The highest BCUT2D eigenvalue weighted by molar-refractivity contribution is 5.73. The van der Waals surface area contributed by atoms with Crippen LogP contribution in [0.5, 0.6) is 0 Å². The summed E-state index contributed by atoms with van der Waals surface area (Å²) in [5, 5.41) is 0. The first kappa shape index (κ1) is 43.2. The Bertz CT molecular complexity index is 683. The summed E-state index contributed by atoms with van der Waals surface area (Å²) in [5.74, 6) is 0.649. The van der Waals surface area contributed by atoms with Gasteiger partial charge in [0.1, 0.15) is 0 Å². The molecule has 0 aromatic heterocycles. The second kappa shape index (κ2) is 32.2. The van der Waals surface area contributed by atoms with Crippen LogP contribution in [-0.2, 0) is 12.8 Å². The van der Waals surface area contributed by atoms with Crippen molar-refractivity contribution in [2.24, 2.45) is 5.92 Å². The number of benzene rings is 1. The molecule has 0 bridgehead atoms. The van der Waals surface area contributed by atoms with Gasteiger partial charge in [-0.3, -0.25) is 0 Å². The van der Waals surface area contributed by atoms with Crippen molar-refractivity contribution in [3.8, 4) is 0 Å². The van der Waals surface area contributed by atoms with Crippen LogP contribution in [0.3, 0.4) is 0 Å². The maximum atomic E-state index is 4.19. The highest BCUT2D eigenvalue weighted by atomic mass is 14.2. The summed E-state index contributed by atoms with van der Waals surface area (Å²) in [6.07, 6.45) is 24.7. The van der Waals surface area contributed by atoms with Gasteiger partial charge >= 0.3 is 0 Å². The normalized spacial score (nSPS) is 10.7. The number of hydrogen-bond donors (Lipinski definition) is 0. The Morgan fingerprint density at radius 1 is 0.650 bits per heavy atom. The molecule has 0 saturated heterocycles. The van der Waals surface area contributed by atoms with Gasteiger partial charge in [0.15, 0.2) is 0 Å². The fourth-order valence-corrected chi connectivity index (χ4v) is 5.08. The zero-order valence-electron chi connectivity index (χ0n) is 30.0. The van der Waals surface area contributed by atoms with Crippen molar-refractivity contribution in [1.82, 2.24) is 0 Å². The molecule has 0 nitrogen and oxygen atoms in total. The Morgan fingerprint density at radius 3 is 1.43 bits per heavy atom. The molecule has 0 unspecified atom stereocenters. The smallest absolute Gasteiger partial charge is 0.0156 e. The molecule has 0 amide bonds. The van der Waals surface area contributed by atoms with Gasteiger partial charge in [-0.25, -0.2) is 0 Å². The van der Waals surface area contributed by atoms with E-state index in [4.69, 9.17) is 0 Å². The summed E-state index contributed by atoms with van der Waals surface area (Å²) in [4.78, 5) is 0. The number of rotatable bonds is 18. The van der Waals surface area contributed by atoms with Crippen LogP contribution in [0.4, 0.5) is 0 Å². The molecule has 0 heterocycles. The fourth-order valence-electron chi connectivity index (χ4n) is 5.08. The van der Waals surface area contributed by atoms with Crippen LogP contribution >= 0.6 is 0 Å². The molecule has 0 aliphatic rings. The van der Waals surface area contributed by atoms with Crippen LogP contribution in [0.1, 0.15) is 195 Å². The van der Waals surface area contributed by atoms with Crippen molar-refractivity contribution in [3.05, 3.63) is 52.6 Å². The van der Waals surface area contributed by atoms with Crippen molar-refractivity contribution < 1.29 is 0 Å². The van der Waals surface area contributed by atoms with Gasteiger partial charge in [-0.05, 0) is 79.7 Å². The van der Waals surface area contributed by atoms with E-state index in [1.807, 2.05) is 13.8 Å². The molecule has 0 heteroatoms. The van der Waals surface area contributed by atoms with Crippen LogP contribution in [0, 0.1) is 12.8 Å². The molecule has 0 spiro atoms. The van der Waals surface area contributed by atoms with E-state index in [0.29, 0.717) is 5.92 Å². The fraction of sp³-hybridized carbons (Fsp3) is 0.750. The average molecular weight is 557 g/mol. The lowest BCUT2D eigenvalue weighted by molar-refractivity contribution is 0.543. The Kier molecular flexibility index (Phi) is 34.8. The summed E-state index contributed by atoms with van der Waals surface area (Å²) in [6, 6.07) is 4.98. The molecule has 1 aromatic carbocycles. The summed E-state index contributed by atoms with van der Waals surface area (Å²) in [7, 11) is 0. The monoisotopic (exact) mass is 557 g/mol. The maximum absolute atomic E-state index is 4.19. The zero-order valence-corrected chi connectivity index (χ0v) is 30.0. The maximum Gasteiger partial charge on any atom is -0.0156 e. The lowest BCUT2D eigenvalue weighted by atomic mass is 9.81. The van der Waals surface area contributed by atoms with Gasteiger partial charge in [-0.15, -0.1) is 0 Å². The first-order valence-corrected chi connectivity index (χ1v) is 17.8. The van der Waals surface area contributed by atoms with Crippen molar-refractivity contribution in [3.63, 3.8) is 0 Å². The van der Waals surface area contributed by atoms with E-state index in [9.17, 15) is 0 Å². The van der Waals surface area contributed by atoms with Crippen molar-refractivity contribution in [2.75, 3.05) is 0 Å². The SMILES string of the molecule is C=C(C)/C=C(\c1cc(CC)c(CCCCC)cc1C)C(CCC)CCC.CC.CCCCCC.CCCCCC. The van der Waals surface area contributed by atoms with E-state index < -0.39 is 0 Å². The molecular formula is C40H76. The summed E-state index contributed by atoms with van der Waals surface area (Å²) in [5.41, 5.74) is 8.71. The molecule has 0 N–H and O–H groups in total. The summed E-state index contributed by atoms with van der Waals surface area (Å²) in [6.45, 7) is 30.7. The molecule has 0 radical (unpaired) electrons. The first-order chi connectivity index (χ1) is 19.3. The molecule has 0 atom stereocenters. The van der Waals surface area contributed by atoms with Crippen LogP contribution in [0.25, 0.3) is 5.57 Å². The molecule has 0 fully saturated rings. The second-order valence-electron chi connectivity index (χ2n) is 11.4. The zero-order chi connectivity index (χ0) is 31.2. The molecule has 0 aliphatic heterocycles. The lowest BCUT2D eigenvalue weighted by Gasteiger charge is -2.24. The minimum atomic E-state index is 0.649. The van der Waals surface area contributed by atoms with Gasteiger partial charge in [-0.1, -0.05) is 177 Å². The van der Waals surface area contributed by atoms with E-state index >= 15 is 0 Å². The molecule has 0 saturated carbocycles. The third-order valence-electron chi connectivity index (χ3n) is 7.32. The molecule has 0 aliphatic carbocycles. The van der Waals surface area contributed by atoms with Gasteiger partial charge in [0.2, 0.25) is 0 Å². The van der Waals surface area contributed by atoms with Gasteiger partial charge in [0.25, 0.3) is 0 Å². The van der Waals surface area contributed by atoms with Gasteiger partial charge < -0.3 is 0 Å². The van der Waals surface area contributed by atoms with Crippen molar-refractivity contribution in [2.45, 2.75) is 192 Å². The molecule has 40 heavy (non-hydrogen) atoms. The highest BCUT2D eigenvalue weighted by Gasteiger charge is 2.18. The lowest BCUT2D eigenvalue weighted by Crippen LogP contribution is -2.07. The highest BCUT2D eigenvalue weighted by Crippen LogP contribution is 2.35. The van der Waals surface area contributed by atoms with Crippen LogP contribution in [-0.4, -0.2) is 0 Å². The van der Waals surface area contributed by atoms with E-state index in [-0.39, 0.29) is 0 Å². The Morgan fingerprint density at radius 2 is 1.07 bits per heavy atom. The molecule has 236 valence electrons. The van der Waals surface area contributed by atoms with Crippen molar-refractivity contribution >= 4 is 5.57 Å². The Hall–Kier alpha value is -1.30. The average Bonchev–Trinajstić information content (AvgIpc) is 2.95. The van der Waals surface area contributed by atoms with E-state index in [0.717, 1.165) is 6.42 Å². The second-order valence-corrected chi connectivity index (χ2v) is 11.4. The minimum Gasteiger partial charge on any atom is -0.0961 e. The standard InChI is InChI=1S/C26H42.2C6H14.C2H6/c1-8-12-13-16-24-18-21(7)25(19-22(24)11-4)26(17-20(5)6)23(14-9-2)15-10-3;2*1-3-5-6-4-2;1-2/h17-19,23H,5,8-16H2,1-4,6-7H3;2*3-6H2,1-2H3;1-2H3/b26-17-;;;. The number of allylic oxidation sites excluding steroid dienone is 3. The van der Waals surface area contributed by atoms with Gasteiger partial charge in [0, 0.05) is 0 Å². The van der Waals surface area contributed by atoms with Gasteiger partial charge in [-0.2, -0.15) is 0 Å². The van der Waals surface area contributed by atoms with Crippen LogP contribution in [0.2, 0.25) is 0 Å². The van der Waals surface area contributed by atoms with Crippen LogP contribution in [0.15, 0.2) is 30.4 Å². The van der Waals surface area contributed by atoms with E-state index in [1.54, 1.807) is 11.1 Å². The third-order valence-corrected chi connectivity index (χ3v) is 7.32. The number of aryl methyl sites for hydroxylation is 3. The molecule has 1 rings (SSSR count). The quantitative estimate of drug-likeness (QED) is 0.125. The van der Waals surface area contributed by atoms with Gasteiger partial charge in [0.05, 0.1) is 0 Å². The molecular weight excluding hydrogens is 480 g/mol. The summed E-state index contributed by atoms with van der Waals surface area (Å²) < 4.78 is 0. The minimum absolute atomic E-state index is 0.649. The number of unbranched alkanes of at least 4 members (excludes halogenated alkanes) is 8. The predicted molar refractivity (Wildman–Crippen MR) is 191 cm³/mol. The third kappa shape index (κ3) is 22.4. The summed E-state index contributed by atoms with van der Waals surface area (Å²) >= 11 is 0. The van der Waals surface area contributed by atoms with Crippen molar-refractivity contribution in [1.29, 1.82) is 0 Å². The topological polar surface area (TPSA) is 0 Å². The molecule has 1 aromatic rings. The predicted octanol–water partition coefficient (Wildman–Crippen LogP) is 14.7. The largest absolute Gasteiger partial charge is 0.0961 e. The number of hydrogen-bond acceptors (Lipinski definition) is 0. The van der Waals surface area contributed by atoms with E-state index in [2.05, 4.69) is 94.0 Å². The van der Waals surface area contributed by atoms with E-state index in [1.165, 1.54) is 125 Å². The van der Waals surface area contributed by atoms with Crippen LogP contribution < -0.4 is 0 Å². The Labute approximate surface area is 255 Å². The first-order valence-electron chi connectivity index (χ1n) is 17.8. The Balaban J connectivity index is -0.000000806.